The molecule has 1 unspecified atom stereocenters. The fraction of sp³-hybridized carbons (Fsp3) is 0.526. The molecule has 0 saturated carbocycles. The highest BCUT2D eigenvalue weighted by Crippen LogP contribution is 2.23. The predicted molar refractivity (Wildman–Crippen MR) is 100 cm³/mol. The summed E-state index contributed by atoms with van der Waals surface area (Å²) < 4.78 is 6.64. The van der Waals surface area contributed by atoms with E-state index in [-0.39, 0.29) is 17.9 Å². The van der Waals surface area contributed by atoms with Gasteiger partial charge in [-0.3, -0.25) is 9.59 Å². The minimum absolute atomic E-state index is 0.0871. The smallest absolute Gasteiger partial charge is 0.251 e. The Morgan fingerprint density at radius 2 is 1.92 bits per heavy atom. The molecule has 0 bridgehead atoms. The first-order chi connectivity index (χ1) is 12.7. The van der Waals surface area contributed by atoms with Crippen molar-refractivity contribution in [2.75, 3.05) is 32.8 Å². The number of benzene rings is 1. The van der Waals surface area contributed by atoms with Gasteiger partial charge in [-0.15, -0.1) is 11.3 Å². The van der Waals surface area contributed by atoms with E-state index >= 15 is 0 Å². The van der Waals surface area contributed by atoms with Gasteiger partial charge in [-0.25, -0.2) is 4.98 Å². The van der Waals surface area contributed by atoms with Crippen molar-refractivity contribution in [1.29, 1.82) is 0 Å². The maximum Gasteiger partial charge on any atom is 0.251 e. The largest absolute Gasteiger partial charge is 0.368 e. The summed E-state index contributed by atoms with van der Waals surface area (Å²) in [4.78, 5) is 33.2. The number of aryl methyl sites for hydroxylation is 1. The van der Waals surface area contributed by atoms with E-state index in [4.69, 9.17) is 4.74 Å². The van der Waals surface area contributed by atoms with Gasteiger partial charge >= 0.3 is 0 Å². The minimum atomic E-state index is -0.267. The third kappa shape index (κ3) is 3.73. The number of piperazine rings is 1. The molecule has 2 aliphatic heterocycles. The number of hydrogen-bond acceptors (Lipinski definition) is 5. The van der Waals surface area contributed by atoms with E-state index in [0.29, 0.717) is 45.6 Å². The zero-order valence-electron chi connectivity index (χ0n) is 14.7. The van der Waals surface area contributed by atoms with Crippen molar-refractivity contribution in [1.82, 2.24) is 14.8 Å². The average Bonchev–Trinajstić information content (AvgIpc) is 3.35. The molecule has 138 valence electrons. The SMILES string of the molecule is O=C(CCc1nc2ccccc2s1)N1CCN(C(=O)C2CCCO2)CC1. The van der Waals surface area contributed by atoms with Gasteiger partial charge in [0.05, 0.1) is 15.2 Å². The first kappa shape index (κ1) is 17.4. The molecule has 6 nitrogen and oxygen atoms in total. The van der Waals surface area contributed by atoms with Crippen molar-refractivity contribution in [3.05, 3.63) is 29.3 Å². The second kappa shape index (κ2) is 7.72. The number of amides is 2. The molecule has 2 amide bonds. The zero-order chi connectivity index (χ0) is 17.9. The molecular formula is C19H23N3O3S. The maximum absolute atomic E-state index is 12.5. The van der Waals surface area contributed by atoms with Crippen molar-refractivity contribution < 1.29 is 14.3 Å². The molecule has 2 aliphatic rings. The lowest BCUT2D eigenvalue weighted by molar-refractivity contribution is -0.146. The summed E-state index contributed by atoms with van der Waals surface area (Å²) in [5.41, 5.74) is 1.00. The van der Waals surface area contributed by atoms with Crippen LogP contribution in [0.3, 0.4) is 0 Å². The van der Waals surface area contributed by atoms with E-state index in [1.807, 2.05) is 28.0 Å². The van der Waals surface area contributed by atoms with E-state index in [2.05, 4.69) is 11.1 Å². The molecule has 2 fully saturated rings. The standard InChI is InChI=1S/C19H23N3O3S/c23-18(8-7-17-20-14-4-1-2-6-16(14)26-17)21-9-11-22(12-10-21)19(24)15-5-3-13-25-15/h1-2,4,6,15H,3,5,7-13H2. The van der Waals surface area contributed by atoms with Gasteiger partial charge in [0.15, 0.2) is 0 Å². The van der Waals surface area contributed by atoms with Crippen molar-refractivity contribution in [2.45, 2.75) is 31.8 Å². The molecular weight excluding hydrogens is 350 g/mol. The third-order valence-corrected chi connectivity index (χ3v) is 6.14. The van der Waals surface area contributed by atoms with Crippen molar-refractivity contribution >= 4 is 33.4 Å². The number of hydrogen-bond donors (Lipinski definition) is 0. The van der Waals surface area contributed by atoms with Crippen LogP contribution in [0.5, 0.6) is 0 Å². The zero-order valence-corrected chi connectivity index (χ0v) is 15.5. The summed E-state index contributed by atoms with van der Waals surface area (Å²) >= 11 is 1.66. The predicted octanol–water partition coefficient (Wildman–Crippen LogP) is 2.08. The van der Waals surface area contributed by atoms with Crippen LogP contribution in [-0.2, 0) is 20.7 Å². The quantitative estimate of drug-likeness (QED) is 0.823. The highest BCUT2D eigenvalue weighted by molar-refractivity contribution is 7.18. The van der Waals surface area contributed by atoms with Crippen LogP contribution < -0.4 is 0 Å². The average molecular weight is 373 g/mol. The Hall–Kier alpha value is -1.99. The topological polar surface area (TPSA) is 62.7 Å². The van der Waals surface area contributed by atoms with Gasteiger partial charge in [0.25, 0.3) is 5.91 Å². The molecule has 0 radical (unpaired) electrons. The first-order valence-electron chi connectivity index (χ1n) is 9.23. The summed E-state index contributed by atoms with van der Waals surface area (Å²) in [6, 6.07) is 8.05. The number of fused-ring (bicyclic) bond motifs is 1. The van der Waals surface area contributed by atoms with E-state index in [0.717, 1.165) is 28.1 Å². The molecule has 0 spiro atoms. The van der Waals surface area contributed by atoms with Crippen LogP contribution in [-0.4, -0.2) is 65.5 Å². The lowest BCUT2D eigenvalue weighted by Gasteiger charge is -2.35. The van der Waals surface area contributed by atoms with Crippen LogP contribution in [0, 0.1) is 0 Å². The van der Waals surface area contributed by atoms with Gasteiger partial charge in [0.2, 0.25) is 5.91 Å². The Kier molecular flexibility index (Phi) is 5.17. The second-order valence-electron chi connectivity index (χ2n) is 6.78. The summed E-state index contributed by atoms with van der Waals surface area (Å²) in [6.45, 7) is 3.10. The normalized spacial score (nSPS) is 20.7. The number of rotatable bonds is 4. The highest BCUT2D eigenvalue weighted by atomic mass is 32.1. The minimum Gasteiger partial charge on any atom is -0.368 e. The molecule has 0 aliphatic carbocycles. The number of ether oxygens (including phenoxy) is 1. The van der Waals surface area contributed by atoms with E-state index in [1.54, 1.807) is 11.3 Å². The molecule has 3 heterocycles. The fourth-order valence-corrected chi connectivity index (χ4v) is 4.52. The van der Waals surface area contributed by atoms with Crippen LogP contribution in [0.15, 0.2) is 24.3 Å². The lowest BCUT2D eigenvalue weighted by atomic mass is 10.2. The monoisotopic (exact) mass is 373 g/mol. The molecule has 2 saturated heterocycles. The number of carbonyl (C=O) groups is 2. The molecule has 1 aromatic carbocycles. The lowest BCUT2D eigenvalue weighted by Crippen LogP contribution is -2.52. The maximum atomic E-state index is 12.5. The summed E-state index contributed by atoms with van der Waals surface area (Å²) in [5.74, 6) is 0.234. The van der Waals surface area contributed by atoms with E-state index in [1.165, 1.54) is 0 Å². The number of para-hydroxylation sites is 1. The van der Waals surface area contributed by atoms with Gasteiger partial charge < -0.3 is 14.5 Å². The van der Waals surface area contributed by atoms with Crippen LogP contribution in [0.25, 0.3) is 10.2 Å². The van der Waals surface area contributed by atoms with Crippen LogP contribution >= 0.6 is 11.3 Å². The molecule has 26 heavy (non-hydrogen) atoms. The number of carbonyl (C=O) groups excluding carboxylic acids is 2. The van der Waals surface area contributed by atoms with Gasteiger partial charge in [0.1, 0.15) is 6.10 Å². The Balaban J connectivity index is 1.26. The van der Waals surface area contributed by atoms with E-state index < -0.39 is 0 Å². The Morgan fingerprint density at radius 3 is 2.65 bits per heavy atom. The van der Waals surface area contributed by atoms with Gasteiger partial charge in [-0.2, -0.15) is 0 Å². The molecule has 2 aromatic rings. The Bertz CT molecular complexity index is 759. The van der Waals surface area contributed by atoms with E-state index in [9.17, 15) is 9.59 Å². The van der Waals surface area contributed by atoms with Gasteiger partial charge in [0, 0.05) is 45.6 Å². The van der Waals surface area contributed by atoms with Gasteiger partial charge in [-0.05, 0) is 25.0 Å². The Labute approximate surface area is 156 Å². The molecule has 1 aromatic heterocycles. The number of thiazole rings is 1. The second-order valence-corrected chi connectivity index (χ2v) is 7.90. The van der Waals surface area contributed by atoms with Crippen molar-refractivity contribution in [2.24, 2.45) is 0 Å². The molecule has 7 heteroatoms. The fourth-order valence-electron chi connectivity index (χ4n) is 3.55. The first-order valence-corrected chi connectivity index (χ1v) is 10.0. The number of nitrogens with zero attached hydrogens (tertiary/aromatic N) is 3. The van der Waals surface area contributed by atoms with Crippen LogP contribution in [0.2, 0.25) is 0 Å². The van der Waals surface area contributed by atoms with Crippen molar-refractivity contribution in [3.8, 4) is 0 Å². The van der Waals surface area contributed by atoms with Crippen LogP contribution in [0.4, 0.5) is 0 Å². The van der Waals surface area contributed by atoms with Crippen LogP contribution in [0.1, 0.15) is 24.3 Å². The highest BCUT2D eigenvalue weighted by Gasteiger charge is 2.31. The number of aromatic nitrogens is 1. The molecule has 0 N–H and O–H groups in total. The summed E-state index contributed by atoms with van der Waals surface area (Å²) in [7, 11) is 0. The summed E-state index contributed by atoms with van der Waals surface area (Å²) in [6.07, 6.45) is 2.66. The van der Waals surface area contributed by atoms with Gasteiger partial charge in [-0.1, -0.05) is 12.1 Å². The Morgan fingerprint density at radius 1 is 1.15 bits per heavy atom. The summed E-state index contributed by atoms with van der Waals surface area (Å²) in [5, 5.41) is 1.01. The molecule has 4 rings (SSSR count). The van der Waals surface area contributed by atoms with Crippen molar-refractivity contribution in [3.63, 3.8) is 0 Å². The molecule has 1 atom stereocenters. The third-order valence-electron chi connectivity index (χ3n) is 5.04.